The highest BCUT2D eigenvalue weighted by atomic mass is 32.1. The molecule has 1 aliphatic heterocycles. The number of fused-ring (bicyclic) bond motifs is 1. The van der Waals surface area contributed by atoms with Crippen molar-refractivity contribution in [3.63, 3.8) is 0 Å². The maximum atomic E-state index is 12.3. The molecule has 1 aromatic heterocycles. The SMILES string of the molecule is C=CCN(CC(=O)O)C(=O)N1CCc2sccc2C1. The maximum Gasteiger partial charge on any atom is 0.323 e. The van der Waals surface area contributed by atoms with Crippen molar-refractivity contribution in [2.24, 2.45) is 0 Å². The minimum atomic E-state index is -1.01. The number of carbonyl (C=O) groups excluding carboxylic acids is 1. The van der Waals surface area contributed by atoms with Crippen LogP contribution in [0.1, 0.15) is 10.4 Å². The van der Waals surface area contributed by atoms with Crippen LogP contribution in [0.25, 0.3) is 0 Å². The Kier molecular flexibility index (Phi) is 4.21. The monoisotopic (exact) mass is 280 g/mol. The van der Waals surface area contributed by atoms with Crippen LogP contribution in [0.15, 0.2) is 24.1 Å². The summed E-state index contributed by atoms with van der Waals surface area (Å²) in [5, 5.41) is 10.9. The van der Waals surface area contributed by atoms with Gasteiger partial charge in [-0.2, -0.15) is 0 Å². The first-order chi connectivity index (χ1) is 9.11. The standard InChI is InChI=1S/C13H16N2O3S/c1-2-5-14(9-12(16)17)13(18)15-6-3-11-10(8-15)4-7-19-11/h2,4,7H,1,3,5-6,8-9H2,(H,16,17). The van der Waals surface area contributed by atoms with E-state index in [-0.39, 0.29) is 19.1 Å². The molecule has 0 aliphatic carbocycles. The van der Waals surface area contributed by atoms with Gasteiger partial charge in [-0.15, -0.1) is 17.9 Å². The Morgan fingerprint density at radius 1 is 1.58 bits per heavy atom. The first kappa shape index (κ1) is 13.6. The van der Waals surface area contributed by atoms with Crippen LogP contribution < -0.4 is 0 Å². The third-order valence-electron chi connectivity index (χ3n) is 3.02. The van der Waals surface area contributed by atoms with Gasteiger partial charge >= 0.3 is 12.0 Å². The molecule has 2 rings (SSSR count). The normalized spacial score (nSPS) is 13.8. The lowest BCUT2D eigenvalue weighted by Gasteiger charge is -2.31. The summed E-state index contributed by atoms with van der Waals surface area (Å²) in [7, 11) is 0. The van der Waals surface area contributed by atoms with Gasteiger partial charge in [0.25, 0.3) is 0 Å². The van der Waals surface area contributed by atoms with E-state index in [2.05, 4.69) is 6.58 Å². The maximum absolute atomic E-state index is 12.3. The van der Waals surface area contributed by atoms with Gasteiger partial charge in [-0.1, -0.05) is 6.08 Å². The molecule has 0 bridgehead atoms. The number of hydrogen-bond donors (Lipinski definition) is 1. The molecule has 5 nitrogen and oxygen atoms in total. The summed E-state index contributed by atoms with van der Waals surface area (Å²) < 4.78 is 0. The summed E-state index contributed by atoms with van der Waals surface area (Å²) in [6.45, 7) is 4.71. The van der Waals surface area contributed by atoms with Crippen molar-refractivity contribution in [2.45, 2.75) is 13.0 Å². The summed E-state index contributed by atoms with van der Waals surface area (Å²) in [5.41, 5.74) is 1.17. The second-order valence-electron chi connectivity index (χ2n) is 4.39. The van der Waals surface area contributed by atoms with E-state index in [1.54, 1.807) is 22.3 Å². The average molecular weight is 280 g/mol. The molecule has 2 amide bonds. The molecule has 0 fully saturated rings. The van der Waals surface area contributed by atoms with Crippen molar-refractivity contribution in [1.82, 2.24) is 9.80 Å². The van der Waals surface area contributed by atoms with E-state index in [9.17, 15) is 9.59 Å². The van der Waals surface area contributed by atoms with Crippen LogP contribution >= 0.6 is 11.3 Å². The fourth-order valence-electron chi connectivity index (χ4n) is 2.14. The fraction of sp³-hybridized carbons (Fsp3) is 0.385. The van der Waals surface area contributed by atoms with Crippen LogP contribution in [0.4, 0.5) is 4.79 Å². The highest BCUT2D eigenvalue weighted by molar-refractivity contribution is 7.10. The second-order valence-corrected chi connectivity index (χ2v) is 5.39. The zero-order valence-electron chi connectivity index (χ0n) is 10.5. The number of nitrogens with zero attached hydrogens (tertiary/aromatic N) is 2. The molecule has 102 valence electrons. The molecular formula is C13H16N2O3S. The lowest BCUT2D eigenvalue weighted by Crippen LogP contribution is -2.46. The molecule has 0 radical (unpaired) electrons. The van der Waals surface area contributed by atoms with Crippen molar-refractivity contribution in [3.8, 4) is 0 Å². The smallest absolute Gasteiger partial charge is 0.323 e. The van der Waals surface area contributed by atoms with Gasteiger partial charge in [-0.25, -0.2) is 4.79 Å². The number of carbonyl (C=O) groups is 2. The largest absolute Gasteiger partial charge is 0.480 e. The summed E-state index contributed by atoms with van der Waals surface area (Å²) >= 11 is 1.71. The highest BCUT2D eigenvalue weighted by Gasteiger charge is 2.26. The fourth-order valence-corrected chi connectivity index (χ4v) is 3.03. The first-order valence-corrected chi connectivity index (χ1v) is 6.91. The number of urea groups is 1. The summed E-state index contributed by atoms with van der Waals surface area (Å²) in [5.74, 6) is -1.01. The van der Waals surface area contributed by atoms with E-state index in [0.717, 1.165) is 6.42 Å². The van der Waals surface area contributed by atoms with Gasteiger partial charge in [0.15, 0.2) is 0 Å². The van der Waals surface area contributed by atoms with Gasteiger partial charge in [0.1, 0.15) is 6.54 Å². The van der Waals surface area contributed by atoms with E-state index < -0.39 is 5.97 Å². The van der Waals surface area contributed by atoms with E-state index in [1.165, 1.54) is 15.3 Å². The van der Waals surface area contributed by atoms with Crippen molar-refractivity contribution in [2.75, 3.05) is 19.6 Å². The number of carboxylic acid groups (broad SMARTS) is 1. The minimum Gasteiger partial charge on any atom is -0.480 e. The minimum absolute atomic E-state index is 0.237. The average Bonchev–Trinajstić information content (AvgIpc) is 2.84. The lowest BCUT2D eigenvalue weighted by molar-refractivity contribution is -0.137. The van der Waals surface area contributed by atoms with Crippen molar-refractivity contribution >= 4 is 23.3 Å². The third-order valence-corrected chi connectivity index (χ3v) is 4.05. The predicted molar refractivity (Wildman–Crippen MR) is 73.2 cm³/mol. The Hall–Kier alpha value is -1.82. The number of amides is 2. The Bertz CT molecular complexity index is 498. The van der Waals surface area contributed by atoms with Gasteiger partial charge in [-0.3, -0.25) is 4.79 Å². The number of carboxylic acids is 1. The van der Waals surface area contributed by atoms with Gasteiger partial charge in [0.2, 0.25) is 0 Å². The van der Waals surface area contributed by atoms with Gasteiger partial charge in [-0.05, 0) is 23.4 Å². The molecule has 6 heteroatoms. The zero-order valence-corrected chi connectivity index (χ0v) is 11.4. The van der Waals surface area contributed by atoms with Crippen LogP contribution in [0.2, 0.25) is 0 Å². The highest BCUT2D eigenvalue weighted by Crippen LogP contribution is 2.24. The van der Waals surface area contributed by atoms with Gasteiger partial charge < -0.3 is 14.9 Å². The van der Waals surface area contributed by atoms with Gasteiger partial charge in [0.05, 0.1) is 0 Å². The summed E-state index contributed by atoms with van der Waals surface area (Å²) in [6, 6.07) is 1.79. The topological polar surface area (TPSA) is 60.9 Å². The Morgan fingerprint density at radius 2 is 2.37 bits per heavy atom. The van der Waals surface area contributed by atoms with E-state index >= 15 is 0 Å². The molecule has 0 saturated carbocycles. The van der Waals surface area contributed by atoms with Crippen LogP contribution in [-0.2, 0) is 17.8 Å². The molecule has 0 atom stereocenters. The van der Waals surface area contributed by atoms with Crippen LogP contribution in [0.5, 0.6) is 0 Å². The molecule has 1 N–H and O–H groups in total. The summed E-state index contributed by atoms with van der Waals surface area (Å²) in [4.78, 5) is 27.4. The van der Waals surface area contributed by atoms with Crippen molar-refractivity contribution < 1.29 is 14.7 Å². The van der Waals surface area contributed by atoms with Crippen molar-refractivity contribution in [1.29, 1.82) is 0 Å². The molecular weight excluding hydrogens is 264 g/mol. The predicted octanol–water partition coefficient (Wildman–Crippen LogP) is 1.80. The molecule has 2 heterocycles. The first-order valence-electron chi connectivity index (χ1n) is 6.03. The molecule has 0 saturated heterocycles. The number of aliphatic carboxylic acids is 1. The van der Waals surface area contributed by atoms with E-state index in [0.29, 0.717) is 13.1 Å². The van der Waals surface area contributed by atoms with E-state index in [1.807, 2.05) is 11.4 Å². The van der Waals surface area contributed by atoms with Crippen LogP contribution in [0.3, 0.4) is 0 Å². The molecule has 1 aliphatic rings. The lowest BCUT2D eigenvalue weighted by atomic mass is 10.1. The molecule has 19 heavy (non-hydrogen) atoms. The number of rotatable bonds is 4. The number of hydrogen-bond acceptors (Lipinski definition) is 3. The molecule has 1 aromatic rings. The summed E-state index contributed by atoms with van der Waals surface area (Å²) in [6.07, 6.45) is 2.38. The molecule has 0 aromatic carbocycles. The quantitative estimate of drug-likeness (QED) is 0.855. The van der Waals surface area contributed by atoms with Crippen molar-refractivity contribution in [3.05, 3.63) is 34.5 Å². The van der Waals surface area contributed by atoms with Crippen LogP contribution in [0, 0.1) is 0 Å². The van der Waals surface area contributed by atoms with Crippen LogP contribution in [-0.4, -0.2) is 46.5 Å². The second kappa shape index (κ2) is 5.88. The van der Waals surface area contributed by atoms with E-state index in [4.69, 9.17) is 5.11 Å². The number of thiophene rings is 1. The van der Waals surface area contributed by atoms with Gasteiger partial charge in [0, 0.05) is 24.5 Å². The zero-order chi connectivity index (χ0) is 13.8. The Labute approximate surface area is 115 Å². The molecule has 0 spiro atoms. The Balaban J connectivity index is 2.06. The Morgan fingerprint density at radius 3 is 3.05 bits per heavy atom. The molecule has 0 unspecified atom stereocenters. The third kappa shape index (κ3) is 3.14.